The van der Waals surface area contributed by atoms with Gasteiger partial charge in [0.1, 0.15) is 6.04 Å². The van der Waals surface area contributed by atoms with Gasteiger partial charge in [-0.3, -0.25) is 29.2 Å². The largest absolute Gasteiger partial charge is 0.480 e. The second-order valence-corrected chi connectivity index (χ2v) is 11.8. The number of nitrogens with zero attached hydrogens (tertiary/aromatic N) is 3. The highest BCUT2D eigenvalue weighted by Gasteiger charge is 2.37. The number of rotatable bonds is 24. The van der Waals surface area contributed by atoms with Crippen molar-refractivity contribution in [3.63, 3.8) is 0 Å². The van der Waals surface area contributed by atoms with Crippen LogP contribution in [0.4, 0.5) is 0 Å². The Hall–Kier alpha value is -4.03. The third-order valence-electron chi connectivity index (χ3n) is 7.91. The summed E-state index contributed by atoms with van der Waals surface area (Å²) in [5, 5.41) is 14.8. The molecule has 0 aromatic carbocycles. The van der Waals surface area contributed by atoms with Crippen LogP contribution in [-0.2, 0) is 24.0 Å². The first-order chi connectivity index (χ1) is 22.3. The van der Waals surface area contributed by atoms with Crippen molar-refractivity contribution in [2.45, 2.75) is 101 Å². The van der Waals surface area contributed by atoms with E-state index in [1.165, 1.54) is 4.90 Å². The average molecular weight is 669 g/mol. The first kappa shape index (κ1) is 41.0. The summed E-state index contributed by atoms with van der Waals surface area (Å²) in [7, 11) is 0. The molecule has 1 unspecified atom stereocenters. The molecule has 0 radical (unpaired) electrons. The number of aliphatic carboxylic acids is 1. The first-order valence-corrected chi connectivity index (χ1v) is 16.2. The Kier molecular flexibility index (Phi) is 19.6. The highest BCUT2D eigenvalue weighted by atomic mass is 16.4. The van der Waals surface area contributed by atoms with E-state index in [0.717, 1.165) is 6.42 Å². The van der Waals surface area contributed by atoms with Crippen molar-refractivity contribution in [3.8, 4) is 0 Å². The Morgan fingerprint density at radius 2 is 1.43 bits per heavy atom. The van der Waals surface area contributed by atoms with Gasteiger partial charge in [0, 0.05) is 38.5 Å². The number of likely N-dealkylation sites (tertiary alicyclic amines) is 1. The van der Waals surface area contributed by atoms with E-state index in [4.69, 9.17) is 40.1 Å². The van der Waals surface area contributed by atoms with E-state index < -0.39 is 42.0 Å². The Morgan fingerprint density at radius 3 is 2.04 bits per heavy atom. The zero-order valence-electron chi connectivity index (χ0n) is 27.3. The lowest BCUT2D eigenvalue weighted by atomic mass is 9.93. The summed E-state index contributed by atoms with van der Waals surface area (Å²) in [6.45, 7) is 1.55. The highest BCUT2D eigenvalue weighted by molar-refractivity contribution is 5.94. The molecule has 0 aromatic heterocycles. The monoisotopic (exact) mass is 668 g/mol. The first-order valence-electron chi connectivity index (χ1n) is 16.2. The van der Waals surface area contributed by atoms with Gasteiger partial charge < -0.3 is 60.8 Å². The van der Waals surface area contributed by atoms with E-state index in [2.05, 4.69) is 20.6 Å². The molecule has 0 spiro atoms. The predicted octanol–water partition coefficient (Wildman–Crippen LogP) is -3.09. The molecule has 0 aliphatic carbocycles. The molecule has 0 aromatic rings. The fourth-order valence-corrected chi connectivity index (χ4v) is 5.31. The number of ketones is 1. The van der Waals surface area contributed by atoms with E-state index in [-0.39, 0.29) is 61.9 Å². The SMILES string of the molecule is NCC[C@H](CC(=O)C1CCCN1C(=O)[C@@H](N)CCCCNC(=O)[C@@H](N)CCCCN=C(N)N)C(=O)N[C@@H](CCCN=C(N)N)C(=O)O. The summed E-state index contributed by atoms with van der Waals surface area (Å²) in [6.07, 6.45) is 4.89. The third kappa shape index (κ3) is 16.4. The molecule has 268 valence electrons. The summed E-state index contributed by atoms with van der Waals surface area (Å²) in [6, 6.07) is -3.38. The number of amides is 3. The lowest BCUT2D eigenvalue weighted by molar-refractivity contribution is -0.143. The number of aliphatic imine (C=N–C) groups is 2. The second kappa shape index (κ2) is 22.5. The molecule has 0 saturated carbocycles. The number of carbonyl (C=O) groups is 5. The van der Waals surface area contributed by atoms with Crippen LogP contribution in [0, 0.1) is 5.92 Å². The van der Waals surface area contributed by atoms with Crippen LogP contribution >= 0.6 is 0 Å². The maximum Gasteiger partial charge on any atom is 0.326 e. The number of guanidine groups is 2. The van der Waals surface area contributed by atoms with E-state index >= 15 is 0 Å². The molecule has 18 nitrogen and oxygen atoms in total. The van der Waals surface area contributed by atoms with Gasteiger partial charge in [-0.2, -0.15) is 0 Å². The van der Waals surface area contributed by atoms with Crippen molar-refractivity contribution in [2.75, 3.05) is 32.7 Å². The van der Waals surface area contributed by atoms with Gasteiger partial charge in [-0.15, -0.1) is 0 Å². The Bertz CT molecular complexity index is 1080. The summed E-state index contributed by atoms with van der Waals surface area (Å²) < 4.78 is 0. The predicted molar refractivity (Wildman–Crippen MR) is 178 cm³/mol. The lowest BCUT2D eigenvalue weighted by Gasteiger charge is -2.28. The maximum atomic E-state index is 13.3. The standard InChI is InChI=1S/C29H56N12O6/c30-12-11-18(24(43)40-21(27(46)47)9-5-15-39-29(35)36)17-23(42)22-10-6-16-41(22)26(45)20(32)8-2-3-13-37-25(44)19(31)7-1-4-14-38-28(33)34/h18-22H,1-17,30-32H2,(H,37,44)(H,40,43)(H,46,47)(H4,33,34,38)(H4,35,36,39)/t18-,19+,20+,21+,22?/m1/s1. The fourth-order valence-electron chi connectivity index (χ4n) is 5.31. The van der Waals surface area contributed by atoms with Crippen molar-refractivity contribution in [1.82, 2.24) is 15.5 Å². The molecule has 17 N–H and O–H groups in total. The van der Waals surface area contributed by atoms with Crippen LogP contribution in [0.2, 0.25) is 0 Å². The van der Waals surface area contributed by atoms with Crippen LogP contribution < -0.4 is 50.8 Å². The average Bonchev–Trinajstić information content (AvgIpc) is 3.51. The molecule has 47 heavy (non-hydrogen) atoms. The van der Waals surface area contributed by atoms with Crippen LogP contribution in [0.15, 0.2) is 9.98 Å². The molecule has 1 aliphatic rings. The molecular formula is C29H56N12O6. The smallest absolute Gasteiger partial charge is 0.326 e. The van der Waals surface area contributed by atoms with Gasteiger partial charge in [-0.05, 0) is 77.2 Å². The summed E-state index contributed by atoms with van der Waals surface area (Å²) in [5.41, 5.74) is 39.0. The number of Topliss-reactive ketones (excluding diaryl/α,β-unsaturated/α-hetero) is 1. The lowest BCUT2D eigenvalue weighted by Crippen LogP contribution is -2.49. The van der Waals surface area contributed by atoms with Crippen molar-refractivity contribution in [3.05, 3.63) is 0 Å². The number of hydrogen-bond acceptors (Lipinski definition) is 10. The molecule has 1 aliphatic heterocycles. The van der Waals surface area contributed by atoms with E-state index in [0.29, 0.717) is 71.0 Å². The number of nitrogens with two attached hydrogens (primary N) is 7. The quantitative estimate of drug-likeness (QED) is 0.0277. The minimum absolute atomic E-state index is 0.0269. The molecule has 1 fully saturated rings. The summed E-state index contributed by atoms with van der Waals surface area (Å²) in [4.78, 5) is 72.6. The molecule has 3 amide bonds. The van der Waals surface area contributed by atoms with Gasteiger partial charge in [-0.1, -0.05) is 0 Å². The van der Waals surface area contributed by atoms with Gasteiger partial charge in [-0.25, -0.2) is 4.79 Å². The number of carboxylic acids is 1. The molecule has 18 heteroatoms. The van der Waals surface area contributed by atoms with E-state index in [1.807, 2.05) is 0 Å². The fraction of sp³-hybridized carbons (Fsp3) is 0.759. The third-order valence-corrected chi connectivity index (χ3v) is 7.91. The maximum absolute atomic E-state index is 13.3. The van der Waals surface area contributed by atoms with Gasteiger partial charge in [0.15, 0.2) is 17.7 Å². The van der Waals surface area contributed by atoms with Crippen molar-refractivity contribution in [1.29, 1.82) is 0 Å². The van der Waals surface area contributed by atoms with Gasteiger partial charge in [0.2, 0.25) is 17.7 Å². The Labute approximate surface area is 276 Å². The zero-order chi connectivity index (χ0) is 35.4. The normalized spacial score (nSPS) is 16.7. The molecule has 1 saturated heterocycles. The molecular weight excluding hydrogens is 612 g/mol. The van der Waals surface area contributed by atoms with Gasteiger partial charge >= 0.3 is 5.97 Å². The van der Waals surface area contributed by atoms with Crippen molar-refractivity contribution >= 4 is 41.4 Å². The summed E-state index contributed by atoms with van der Waals surface area (Å²) >= 11 is 0. The minimum atomic E-state index is -1.22. The number of hydrogen-bond donors (Lipinski definition) is 10. The van der Waals surface area contributed by atoms with Gasteiger partial charge in [0.05, 0.1) is 18.1 Å². The molecule has 1 heterocycles. The zero-order valence-corrected chi connectivity index (χ0v) is 27.3. The van der Waals surface area contributed by atoms with Gasteiger partial charge in [0.25, 0.3) is 0 Å². The van der Waals surface area contributed by atoms with Crippen LogP contribution in [0.3, 0.4) is 0 Å². The van der Waals surface area contributed by atoms with Crippen molar-refractivity contribution in [2.24, 2.45) is 56.0 Å². The Morgan fingerprint density at radius 1 is 0.809 bits per heavy atom. The number of carboxylic acid groups (broad SMARTS) is 1. The number of unbranched alkanes of at least 4 members (excludes halogenated alkanes) is 2. The highest BCUT2D eigenvalue weighted by Crippen LogP contribution is 2.23. The summed E-state index contributed by atoms with van der Waals surface area (Å²) in [5.74, 6) is -3.67. The molecule has 5 atom stereocenters. The van der Waals surface area contributed by atoms with E-state index in [1.54, 1.807) is 0 Å². The molecule has 1 rings (SSSR count). The second-order valence-electron chi connectivity index (χ2n) is 11.8. The number of carbonyl (C=O) groups excluding carboxylic acids is 4. The number of nitrogens with one attached hydrogen (secondary N) is 2. The van der Waals surface area contributed by atoms with Crippen molar-refractivity contribution < 1.29 is 29.1 Å². The van der Waals surface area contributed by atoms with Crippen LogP contribution in [0.1, 0.15) is 77.0 Å². The van der Waals surface area contributed by atoms with Crippen LogP contribution in [0.5, 0.6) is 0 Å². The minimum Gasteiger partial charge on any atom is -0.480 e. The Balaban J connectivity index is 2.56. The van der Waals surface area contributed by atoms with E-state index in [9.17, 15) is 29.1 Å². The molecule has 0 bridgehead atoms. The topological polar surface area (TPSA) is 340 Å². The van der Waals surface area contributed by atoms with Crippen LogP contribution in [0.25, 0.3) is 0 Å². The van der Waals surface area contributed by atoms with Crippen LogP contribution in [-0.4, -0.2) is 108 Å².